The van der Waals surface area contributed by atoms with Crippen molar-refractivity contribution in [2.45, 2.75) is 51.9 Å². The molecule has 1 amide bonds. The number of halogens is 1. The average Bonchev–Trinajstić information content (AvgIpc) is 2.81. The van der Waals surface area contributed by atoms with Gasteiger partial charge in [0.1, 0.15) is 5.82 Å². The van der Waals surface area contributed by atoms with Crippen LogP contribution in [0.4, 0.5) is 4.39 Å². The van der Waals surface area contributed by atoms with E-state index in [9.17, 15) is 9.18 Å². The molecule has 1 heterocycles. The number of para-hydroxylation sites is 1. The van der Waals surface area contributed by atoms with Crippen molar-refractivity contribution in [3.05, 3.63) is 83.6 Å². The lowest BCUT2D eigenvalue weighted by Crippen LogP contribution is -2.16. The van der Waals surface area contributed by atoms with Crippen molar-refractivity contribution in [1.29, 1.82) is 0 Å². The number of unbranched alkanes of at least 4 members (excludes halogenated alkanes) is 5. The molecule has 2 aromatic carbocycles. The molecule has 0 aliphatic carbocycles. The third-order valence-electron chi connectivity index (χ3n) is 5.06. The first-order valence-corrected chi connectivity index (χ1v) is 11.3. The molecule has 3 rings (SSSR count). The number of carbonyl (C=O) groups excluding carboxylic acids is 1. The lowest BCUT2D eigenvalue weighted by molar-refractivity contribution is -0.117. The van der Waals surface area contributed by atoms with Crippen LogP contribution in [0.25, 0.3) is 5.69 Å². The van der Waals surface area contributed by atoms with Crippen LogP contribution in [0.15, 0.2) is 71.9 Å². The van der Waals surface area contributed by atoms with Gasteiger partial charge in [-0.3, -0.25) is 4.79 Å². The Morgan fingerprint density at radius 2 is 1.72 bits per heavy atom. The fraction of sp³-hybridized carbons (Fsp3) is 0.346. The second-order valence-corrected chi connectivity index (χ2v) is 7.72. The Balaban J connectivity index is 1.72. The third-order valence-corrected chi connectivity index (χ3v) is 5.06. The highest BCUT2D eigenvalue weighted by Crippen LogP contribution is 2.15. The Morgan fingerprint density at radius 3 is 2.47 bits per heavy atom. The monoisotopic (exact) mass is 435 g/mol. The number of aromatic nitrogens is 2. The zero-order chi connectivity index (χ0) is 22.6. The summed E-state index contributed by atoms with van der Waals surface area (Å²) in [5.74, 6) is -0.110. The standard InChI is InChI=1S/C26H30FN3O2/c1-2-3-4-5-6-10-17-32-26-19-23(20-28-30(26)24-11-8-7-9-12-24)29-25(31)18-21-13-15-22(27)16-14-21/h7-9,11-16,19-20H,2-6,10,17-18H2,1H3. The van der Waals surface area contributed by atoms with Crippen molar-refractivity contribution in [3.63, 3.8) is 0 Å². The maximum Gasteiger partial charge on any atom is 0.250 e. The van der Waals surface area contributed by atoms with Crippen LogP contribution in [0.1, 0.15) is 51.0 Å². The summed E-state index contributed by atoms with van der Waals surface area (Å²) in [6.45, 7) is 2.79. The summed E-state index contributed by atoms with van der Waals surface area (Å²) < 4.78 is 20.8. The summed E-state index contributed by atoms with van der Waals surface area (Å²) in [5.41, 5.74) is 1.58. The van der Waals surface area contributed by atoms with Gasteiger partial charge in [0, 0.05) is 6.07 Å². The fourth-order valence-electron chi connectivity index (χ4n) is 3.35. The molecule has 0 spiro atoms. The molecule has 3 aromatic rings. The van der Waals surface area contributed by atoms with Crippen LogP contribution in [0.3, 0.4) is 0 Å². The maximum atomic E-state index is 13.1. The topological polar surface area (TPSA) is 56.5 Å². The normalized spacial score (nSPS) is 11.5. The molecular weight excluding hydrogens is 405 g/mol. The molecule has 0 saturated carbocycles. The van der Waals surface area contributed by atoms with Crippen molar-refractivity contribution in [2.24, 2.45) is 4.99 Å². The molecule has 0 aliphatic heterocycles. The van der Waals surface area contributed by atoms with Gasteiger partial charge in [0.15, 0.2) is 0 Å². The van der Waals surface area contributed by atoms with E-state index in [1.807, 2.05) is 30.3 Å². The smallest absolute Gasteiger partial charge is 0.250 e. The third kappa shape index (κ3) is 7.45. The van der Waals surface area contributed by atoms with Crippen molar-refractivity contribution in [2.75, 3.05) is 6.61 Å². The Kier molecular flexibility index (Phi) is 9.17. The second-order valence-electron chi connectivity index (χ2n) is 7.72. The minimum absolute atomic E-state index is 0.0990. The Labute approximate surface area is 188 Å². The molecule has 0 saturated heterocycles. The molecular formula is C26H30FN3O2. The summed E-state index contributed by atoms with van der Waals surface area (Å²) in [6, 6.07) is 17.3. The SMILES string of the molecule is CCCCCCCCOc1cc(=NC(=O)Cc2ccc(F)cc2)cnn1-c1ccccc1. The van der Waals surface area contributed by atoms with Gasteiger partial charge in [0.2, 0.25) is 5.88 Å². The minimum atomic E-state index is -0.331. The number of carbonyl (C=O) groups is 1. The molecule has 32 heavy (non-hydrogen) atoms. The van der Waals surface area contributed by atoms with Gasteiger partial charge in [-0.15, -0.1) is 0 Å². The zero-order valence-corrected chi connectivity index (χ0v) is 18.5. The van der Waals surface area contributed by atoms with E-state index in [4.69, 9.17) is 4.74 Å². The molecule has 0 unspecified atom stereocenters. The fourth-order valence-corrected chi connectivity index (χ4v) is 3.35. The quantitative estimate of drug-likeness (QED) is 0.378. The Hall–Kier alpha value is -3.28. The number of hydrogen-bond acceptors (Lipinski definition) is 3. The van der Waals surface area contributed by atoms with E-state index in [-0.39, 0.29) is 18.1 Å². The van der Waals surface area contributed by atoms with Gasteiger partial charge in [-0.1, -0.05) is 69.4 Å². The van der Waals surface area contributed by atoms with Crippen molar-refractivity contribution < 1.29 is 13.9 Å². The number of rotatable bonds is 11. The first kappa shape index (κ1) is 23.4. The van der Waals surface area contributed by atoms with E-state index in [0.29, 0.717) is 23.4 Å². The Morgan fingerprint density at radius 1 is 1.00 bits per heavy atom. The molecule has 6 heteroatoms. The lowest BCUT2D eigenvalue weighted by Gasteiger charge is -2.13. The molecule has 0 fully saturated rings. The number of benzene rings is 2. The van der Waals surface area contributed by atoms with Crippen LogP contribution >= 0.6 is 0 Å². The van der Waals surface area contributed by atoms with Gasteiger partial charge in [0.05, 0.1) is 30.3 Å². The van der Waals surface area contributed by atoms with E-state index in [1.165, 1.54) is 37.8 Å². The van der Waals surface area contributed by atoms with Crippen molar-refractivity contribution >= 4 is 5.91 Å². The van der Waals surface area contributed by atoms with Crippen LogP contribution in [0, 0.1) is 5.82 Å². The molecule has 0 N–H and O–H groups in total. The molecule has 0 radical (unpaired) electrons. The number of hydrogen-bond donors (Lipinski definition) is 0. The highest BCUT2D eigenvalue weighted by Gasteiger charge is 2.07. The second kappa shape index (κ2) is 12.5. The highest BCUT2D eigenvalue weighted by atomic mass is 19.1. The zero-order valence-electron chi connectivity index (χ0n) is 18.5. The van der Waals surface area contributed by atoms with Gasteiger partial charge in [-0.25, -0.2) is 14.1 Å². The minimum Gasteiger partial charge on any atom is -0.478 e. The van der Waals surface area contributed by atoms with Gasteiger partial charge in [-0.2, -0.15) is 5.10 Å². The first-order chi connectivity index (χ1) is 15.7. The molecule has 0 aliphatic rings. The van der Waals surface area contributed by atoms with E-state index >= 15 is 0 Å². The number of amides is 1. The van der Waals surface area contributed by atoms with E-state index in [1.54, 1.807) is 29.1 Å². The predicted molar refractivity (Wildman–Crippen MR) is 123 cm³/mol. The molecule has 168 valence electrons. The van der Waals surface area contributed by atoms with Gasteiger partial charge >= 0.3 is 0 Å². The van der Waals surface area contributed by atoms with Crippen molar-refractivity contribution in [3.8, 4) is 11.6 Å². The maximum absolute atomic E-state index is 13.1. The first-order valence-electron chi connectivity index (χ1n) is 11.3. The van der Waals surface area contributed by atoms with E-state index < -0.39 is 0 Å². The molecule has 0 atom stereocenters. The van der Waals surface area contributed by atoms with E-state index in [0.717, 1.165) is 18.5 Å². The average molecular weight is 436 g/mol. The molecule has 1 aromatic heterocycles. The number of nitrogens with zero attached hydrogens (tertiary/aromatic N) is 3. The van der Waals surface area contributed by atoms with Gasteiger partial charge in [0.25, 0.3) is 5.91 Å². The van der Waals surface area contributed by atoms with Crippen LogP contribution < -0.4 is 10.1 Å². The van der Waals surface area contributed by atoms with Gasteiger partial charge in [-0.05, 0) is 36.2 Å². The summed E-state index contributed by atoms with van der Waals surface area (Å²) in [4.78, 5) is 16.5. The van der Waals surface area contributed by atoms with Crippen LogP contribution in [-0.2, 0) is 11.2 Å². The van der Waals surface area contributed by atoms with Gasteiger partial charge < -0.3 is 4.74 Å². The predicted octanol–water partition coefficient (Wildman–Crippen LogP) is 5.42. The number of ether oxygens (including phenoxy) is 1. The lowest BCUT2D eigenvalue weighted by atomic mass is 10.1. The largest absolute Gasteiger partial charge is 0.478 e. The summed E-state index contributed by atoms with van der Waals surface area (Å²) in [7, 11) is 0. The van der Waals surface area contributed by atoms with Crippen molar-refractivity contribution in [1.82, 2.24) is 9.78 Å². The van der Waals surface area contributed by atoms with E-state index in [2.05, 4.69) is 17.0 Å². The Bertz CT molecular complexity index is 1050. The molecule has 0 bridgehead atoms. The summed E-state index contributed by atoms with van der Waals surface area (Å²) in [6.07, 6.45) is 8.70. The molecule has 5 nitrogen and oxygen atoms in total. The van der Waals surface area contributed by atoms with Crippen LogP contribution in [0.5, 0.6) is 5.88 Å². The summed E-state index contributed by atoms with van der Waals surface area (Å²) in [5, 5.41) is 4.89. The van der Waals surface area contributed by atoms with Crippen LogP contribution in [0.2, 0.25) is 0 Å². The highest BCUT2D eigenvalue weighted by molar-refractivity contribution is 5.79. The summed E-state index contributed by atoms with van der Waals surface area (Å²) >= 11 is 0. The van der Waals surface area contributed by atoms with Crippen LogP contribution in [-0.4, -0.2) is 22.3 Å².